The molecule has 2 aromatic heterocycles. The van der Waals surface area contributed by atoms with Crippen LogP contribution in [0.5, 0.6) is 0 Å². The maximum absolute atomic E-state index is 5.32. The highest BCUT2D eigenvalue weighted by molar-refractivity contribution is 7.22. The largest absolute Gasteiger partial charge is 0.208 e. The van der Waals surface area contributed by atoms with E-state index >= 15 is 0 Å². The quantitative estimate of drug-likeness (QED) is 0.171. The van der Waals surface area contributed by atoms with Crippen molar-refractivity contribution >= 4 is 32.2 Å². The summed E-state index contributed by atoms with van der Waals surface area (Å²) in [5.74, 6) is 1.93. The average Bonchev–Trinajstić information content (AvgIpc) is 3.85. The molecule has 0 radical (unpaired) electrons. The minimum Gasteiger partial charge on any atom is -0.208 e. The Morgan fingerprint density at radius 3 is 1.66 bits per heavy atom. The van der Waals surface area contributed by atoms with Gasteiger partial charge in [0.1, 0.15) is 0 Å². The van der Waals surface area contributed by atoms with Crippen molar-refractivity contribution in [3.05, 3.63) is 222 Å². The third-order valence-electron chi connectivity index (χ3n) is 11.2. The number of nitrogens with zero attached hydrogens (tertiary/aromatic N) is 3. The second-order valence-corrected chi connectivity index (χ2v) is 15.4. The molecule has 11 rings (SSSR count). The van der Waals surface area contributed by atoms with Gasteiger partial charge in [-0.1, -0.05) is 182 Å². The molecule has 8 aromatic carbocycles. The van der Waals surface area contributed by atoms with Gasteiger partial charge in [0, 0.05) is 26.3 Å². The summed E-state index contributed by atoms with van der Waals surface area (Å²) in [6.07, 6.45) is 0. The fraction of sp³-hybridized carbons (Fsp3) is 0.0192. The van der Waals surface area contributed by atoms with E-state index in [4.69, 9.17) is 15.0 Å². The third-order valence-corrected chi connectivity index (χ3v) is 12.4. The topological polar surface area (TPSA) is 38.7 Å². The van der Waals surface area contributed by atoms with Crippen molar-refractivity contribution in [1.29, 1.82) is 0 Å². The van der Waals surface area contributed by atoms with Crippen LogP contribution >= 0.6 is 11.3 Å². The van der Waals surface area contributed by atoms with Crippen LogP contribution in [0.25, 0.3) is 76.6 Å². The number of fused-ring (bicyclic) bond motifs is 5. The smallest absolute Gasteiger partial charge is 0.164 e. The van der Waals surface area contributed by atoms with Gasteiger partial charge in [-0.05, 0) is 73.3 Å². The SMILES string of the molecule is c1ccc(C2(c3ccccc3)c3ccccc3-c3c(-c4nc(-c5ccc(-c6cc7ccccc7s6)cc5)nc(-c5ccc6ccccc6c5)n4)cccc32)cc1. The van der Waals surface area contributed by atoms with Gasteiger partial charge in [-0.2, -0.15) is 0 Å². The van der Waals surface area contributed by atoms with Crippen LogP contribution in [0.3, 0.4) is 0 Å². The van der Waals surface area contributed by atoms with Gasteiger partial charge < -0.3 is 0 Å². The van der Waals surface area contributed by atoms with E-state index in [9.17, 15) is 0 Å². The Morgan fingerprint density at radius 1 is 0.357 bits per heavy atom. The number of hydrogen-bond acceptors (Lipinski definition) is 4. The van der Waals surface area contributed by atoms with E-state index in [-0.39, 0.29) is 0 Å². The third kappa shape index (κ3) is 5.14. The van der Waals surface area contributed by atoms with Gasteiger partial charge in [0.25, 0.3) is 0 Å². The van der Waals surface area contributed by atoms with Crippen LogP contribution in [0.4, 0.5) is 0 Å². The molecule has 4 heteroatoms. The average molecular weight is 732 g/mol. The Morgan fingerprint density at radius 2 is 0.911 bits per heavy atom. The van der Waals surface area contributed by atoms with Crippen molar-refractivity contribution in [2.24, 2.45) is 0 Å². The lowest BCUT2D eigenvalue weighted by Gasteiger charge is -2.33. The van der Waals surface area contributed by atoms with E-state index in [1.54, 1.807) is 0 Å². The first-order valence-corrected chi connectivity index (χ1v) is 19.8. The molecule has 0 spiro atoms. The van der Waals surface area contributed by atoms with Gasteiger partial charge in [0.2, 0.25) is 0 Å². The molecule has 0 saturated carbocycles. The van der Waals surface area contributed by atoms with Crippen LogP contribution < -0.4 is 0 Å². The summed E-state index contributed by atoms with van der Waals surface area (Å²) < 4.78 is 1.29. The minimum absolute atomic E-state index is 0.524. The first kappa shape index (κ1) is 32.4. The highest BCUT2D eigenvalue weighted by Crippen LogP contribution is 2.58. The maximum Gasteiger partial charge on any atom is 0.164 e. The van der Waals surface area contributed by atoms with E-state index < -0.39 is 5.41 Å². The lowest BCUT2D eigenvalue weighted by molar-refractivity contribution is 0.768. The molecule has 56 heavy (non-hydrogen) atoms. The van der Waals surface area contributed by atoms with Crippen molar-refractivity contribution in [1.82, 2.24) is 15.0 Å². The highest BCUT2D eigenvalue weighted by Gasteiger charge is 2.47. The summed E-state index contributed by atoms with van der Waals surface area (Å²) in [4.78, 5) is 17.1. The Bertz CT molecular complexity index is 3000. The molecule has 0 N–H and O–H groups in total. The first-order chi connectivity index (χ1) is 27.7. The molecular formula is C52H33N3S. The molecule has 262 valence electrons. The summed E-state index contributed by atoms with van der Waals surface area (Å²) in [7, 11) is 0. The van der Waals surface area contributed by atoms with Crippen molar-refractivity contribution < 1.29 is 0 Å². The van der Waals surface area contributed by atoms with Crippen LogP contribution in [-0.4, -0.2) is 15.0 Å². The van der Waals surface area contributed by atoms with E-state index in [0.717, 1.165) is 27.6 Å². The second kappa shape index (κ2) is 13.1. The maximum atomic E-state index is 5.32. The number of aromatic nitrogens is 3. The molecule has 0 aliphatic heterocycles. The van der Waals surface area contributed by atoms with Crippen molar-refractivity contribution in [2.45, 2.75) is 5.41 Å². The fourth-order valence-electron chi connectivity index (χ4n) is 8.67. The molecule has 0 fully saturated rings. The molecule has 0 bridgehead atoms. The molecule has 3 nitrogen and oxygen atoms in total. The predicted molar refractivity (Wildman–Crippen MR) is 232 cm³/mol. The zero-order valence-electron chi connectivity index (χ0n) is 30.3. The monoisotopic (exact) mass is 731 g/mol. The van der Waals surface area contributed by atoms with Gasteiger partial charge >= 0.3 is 0 Å². The van der Waals surface area contributed by atoms with Gasteiger partial charge in [0.15, 0.2) is 17.5 Å². The first-order valence-electron chi connectivity index (χ1n) is 18.9. The highest BCUT2D eigenvalue weighted by atomic mass is 32.1. The molecule has 10 aromatic rings. The lowest BCUT2D eigenvalue weighted by Crippen LogP contribution is -2.28. The van der Waals surface area contributed by atoms with E-state index in [1.165, 1.54) is 53.7 Å². The Hall–Kier alpha value is -7.01. The Kier molecular flexibility index (Phi) is 7.58. The number of hydrogen-bond donors (Lipinski definition) is 0. The number of rotatable bonds is 6. The van der Waals surface area contributed by atoms with Crippen LogP contribution in [0, 0.1) is 0 Å². The van der Waals surface area contributed by atoms with Crippen molar-refractivity contribution in [3.63, 3.8) is 0 Å². The lowest BCUT2D eigenvalue weighted by atomic mass is 9.67. The summed E-state index contributed by atoms with van der Waals surface area (Å²) in [6, 6.07) is 71.6. The zero-order valence-corrected chi connectivity index (χ0v) is 31.1. The molecule has 0 unspecified atom stereocenters. The standard InChI is InChI=1S/C52H33N3S/c1-3-17-40(18-4-1)52(41-19-5-2-6-20-41)44-23-11-10-21-42(44)48-43(22-13-24-45(48)52)51-54-49(53-50(55-51)39-31-26-34-14-7-8-15-37(34)32-39)36-29-27-35(28-30-36)47-33-38-16-9-12-25-46(38)56-47/h1-33H. The van der Waals surface area contributed by atoms with Crippen LogP contribution in [0.2, 0.25) is 0 Å². The molecule has 1 aliphatic carbocycles. The molecule has 0 saturated heterocycles. The van der Waals surface area contributed by atoms with Crippen LogP contribution in [0.1, 0.15) is 22.3 Å². The van der Waals surface area contributed by atoms with Crippen LogP contribution in [0.15, 0.2) is 200 Å². The summed E-state index contributed by atoms with van der Waals surface area (Å²) in [5, 5.41) is 3.59. The molecule has 2 heterocycles. The van der Waals surface area contributed by atoms with Crippen molar-refractivity contribution in [2.75, 3.05) is 0 Å². The Labute approximate surface area is 329 Å². The molecular weight excluding hydrogens is 699 g/mol. The number of benzene rings is 8. The molecule has 0 atom stereocenters. The summed E-state index contributed by atoms with van der Waals surface area (Å²) >= 11 is 1.81. The minimum atomic E-state index is -0.524. The van der Waals surface area contributed by atoms with Crippen molar-refractivity contribution in [3.8, 4) is 55.7 Å². The Balaban J connectivity index is 1.13. The molecule has 1 aliphatic rings. The second-order valence-electron chi connectivity index (χ2n) is 14.3. The van der Waals surface area contributed by atoms with Gasteiger partial charge in [-0.3, -0.25) is 0 Å². The van der Waals surface area contributed by atoms with Gasteiger partial charge in [-0.15, -0.1) is 11.3 Å². The predicted octanol–water partition coefficient (Wildman–Crippen LogP) is 13.3. The molecule has 0 amide bonds. The number of thiophene rings is 1. The van der Waals surface area contributed by atoms with E-state index in [1.807, 2.05) is 11.3 Å². The fourth-order valence-corrected chi connectivity index (χ4v) is 9.74. The van der Waals surface area contributed by atoms with Gasteiger partial charge in [-0.25, -0.2) is 15.0 Å². The summed E-state index contributed by atoms with van der Waals surface area (Å²) in [5.41, 5.74) is 10.8. The van der Waals surface area contributed by atoms with E-state index in [0.29, 0.717) is 17.5 Å². The summed E-state index contributed by atoms with van der Waals surface area (Å²) in [6.45, 7) is 0. The normalized spacial score (nSPS) is 12.8. The van der Waals surface area contributed by atoms with E-state index in [2.05, 4.69) is 200 Å². The zero-order chi connectivity index (χ0) is 37.1. The van der Waals surface area contributed by atoms with Gasteiger partial charge in [0.05, 0.1) is 5.41 Å². The van der Waals surface area contributed by atoms with Crippen LogP contribution in [-0.2, 0) is 5.41 Å².